The topological polar surface area (TPSA) is 60.9 Å². The van der Waals surface area contributed by atoms with Gasteiger partial charge in [0.25, 0.3) is 10.1 Å². The number of aryl methyl sites for hydroxylation is 3. The van der Waals surface area contributed by atoms with Crippen LogP contribution in [0.1, 0.15) is 36.5 Å². The standard InChI is InChI=1S/C17H26N2O3S/c1-13-11-14(2)17(15(3)12-13)19-9-8-18(16(19)4)7-5-6-10-23(20,21)22/h8-9,11-12,16H,5-7,10H2,1-4H3,(H,20,21,22). The van der Waals surface area contributed by atoms with Gasteiger partial charge in [0.15, 0.2) is 0 Å². The number of hydrogen-bond donors (Lipinski definition) is 1. The Morgan fingerprint density at radius 1 is 1.09 bits per heavy atom. The first-order valence-corrected chi connectivity index (χ1v) is 9.55. The first-order chi connectivity index (χ1) is 10.7. The highest BCUT2D eigenvalue weighted by Crippen LogP contribution is 2.31. The molecule has 1 heterocycles. The average Bonchev–Trinajstić information content (AvgIpc) is 2.75. The van der Waals surface area contributed by atoms with Gasteiger partial charge >= 0.3 is 0 Å². The summed E-state index contributed by atoms with van der Waals surface area (Å²) in [5.74, 6) is -0.168. The Balaban J connectivity index is 2.00. The molecule has 0 amide bonds. The van der Waals surface area contributed by atoms with E-state index in [1.807, 2.05) is 0 Å². The van der Waals surface area contributed by atoms with Gasteiger partial charge in [-0.05, 0) is 51.7 Å². The lowest BCUT2D eigenvalue weighted by Gasteiger charge is -2.32. The molecule has 2 rings (SSSR count). The number of unbranched alkanes of at least 4 members (excludes halogenated alkanes) is 1. The zero-order valence-electron chi connectivity index (χ0n) is 14.3. The molecule has 0 bridgehead atoms. The van der Waals surface area contributed by atoms with Crippen LogP contribution in [0.3, 0.4) is 0 Å². The quantitative estimate of drug-likeness (QED) is 0.637. The molecule has 1 aromatic rings. The Kier molecular flexibility index (Phi) is 5.37. The smallest absolute Gasteiger partial charge is 0.264 e. The van der Waals surface area contributed by atoms with Crippen LogP contribution in [0.5, 0.6) is 0 Å². The number of nitrogens with zero attached hydrogens (tertiary/aromatic N) is 2. The van der Waals surface area contributed by atoms with Crippen molar-refractivity contribution in [2.75, 3.05) is 17.2 Å². The van der Waals surface area contributed by atoms with Crippen LogP contribution in [0, 0.1) is 20.8 Å². The van der Waals surface area contributed by atoms with Crippen molar-refractivity contribution < 1.29 is 13.0 Å². The number of anilines is 1. The Morgan fingerprint density at radius 3 is 2.26 bits per heavy atom. The minimum Gasteiger partial charge on any atom is -0.356 e. The van der Waals surface area contributed by atoms with Crippen LogP contribution in [-0.2, 0) is 10.1 Å². The molecule has 1 aliphatic heterocycles. The van der Waals surface area contributed by atoms with Crippen LogP contribution < -0.4 is 4.90 Å². The molecule has 128 valence electrons. The SMILES string of the molecule is Cc1cc(C)c(N2C=CN(CCCCS(=O)(=O)O)C2C)c(C)c1. The fourth-order valence-electron chi connectivity index (χ4n) is 3.25. The Bertz CT molecular complexity index is 675. The van der Waals surface area contributed by atoms with Crippen LogP contribution >= 0.6 is 0 Å². The molecular weight excluding hydrogens is 312 g/mol. The molecule has 5 nitrogen and oxygen atoms in total. The molecule has 0 fully saturated rings. The van der Waals surface area contributed by atoms with E-state index in [1.54, 1.807) is 0 Å². The van der Waals surface area contributed by atoms with Crippen molar-refractivity contribution in [1.29, 1.82) is 0 Å². The normalized spacial score (nSPS) is 18.0. The summed E-state index contributed by atoms with van der Waals surface area (Å²) < 4.78 is 30.3. The summed E-state index contributed by atoms with van der Waals surface area (Å²) in [6.07, 6.45) is 5.53. The maximum Gasteiger partial charge on any atom is 0.264 e. The number of rotatable bonds is 6. The van der Waals surface area contributed by atoms with Gasteiger partial charge in [0, 0.05) is 24.6 Å². The molecule has 0 aromatic heterocycles. The van der Waals surface area contributed by atoms with Crippen molar-refractivity contribution in [3.63, 3.8) is 0 Å². The minimum atomic E-state index is -3.85. The Hall–Kier alpha value is -1.53. The zero-order chi connectivity index (χ0) is 17.2. The van der Waals surface area contributed by atoms with Gasteiger partial charge < -0.3 is 9.80 Å². The van der Waals surface area contributed by atoms with Gasteiger partial charge in [-0.15, -0.1) is 0 Å². The van der Waals surface area contributed by atoms with E-state index in [2.05, 4.69) is 62.0 Å². The summed E-state index contributed by atoms with van der Waals surface area (Å²) >= 11 is 0. The third kappa shape index (κ3) is 4.48. The summed E-state index contributed by atoms with van der Waals surface area (Å²) in [5.41, 5.74) is 5.01. The third-order valence-corrected chi connectivity index (χ3v) is 5.07. The Labute approximate surface area is 139 Å². The lowest BCUT2D eigenvalue weighted by molar-refractivity contribution is 0.313. The van der Waals surface area contributed by atoms with Gasteiger partial charge in [0.2, 0.25) is 0 Å². The van der Waals surface area contributed by atoms with E-state index in [1.165, 1.54) is 22.4 Å². The fraction of sp³-hybridized carbons (Fsp3) is 0.529. The summed E-state index contributed by atoms with van der Waals surface area (Å²) in [4.78, 5) is 4.45. The monoisotopic (exact) mass is 338 g/mol. The summed E-state index contributed by atoms with van der Waals surface area (Å²) in [7, 11) is -3.85. The molecule has 1 unspecified atom stereocenters. The van der Waals surface area contributed by atoms with E-state index in [4.69, 9.17) is 4.55 Å². The second-order valence-corrected chi connectivity index (χ2v) is 7.89. The highest BCUT2D eigenvalue weighted by Gasteiger charge is 2.25. The molecule has 23 heavy (non-hydrogen) atoms. The van der Waals surface area contributed by atoms with E-state index in [9.17, 15) is 8.42 Å². The van der Waals surface area contributed by atoms with E-state index in [0.717, 1.165) is 13.0 Å². The highest BCUT2D eigenvalue weighted by molar-refractivity contribution is 7.85. The second kappa shape index (κ2) is 6.93. The van der Waals surface area contributed by atoms with Crippen LogP contribution in [0.25, 0.3) is 0 Å². The lowest BCUT2D eigenvalue weighted by atomic mass is 10.0. The number of hydrogen-bond acceptors (Lipinski definition) is 4. The minimum absolute atomic E-state index is 0.168. The fourth-order valence-corrected chi connectivity index (χ4v) is 3.82. The predicted molar refractivity (Wildman–Crippen MR) is 94.1 cm³/mol. The van der Waals surface area contributed by atoms with Crippen molar-refractivity contribution in [1.82, 2.24) is 4.90 Å². The predicted octanol–water partition coefficient (Wildman–Crippen LogP) is 3.22. The van der Waals surface area contributed by atoms with Gasteiger partial charge in [-0.2, -0.15) is 8.42 Å². The molecule has 0 radical (unpaired) electrons. The van der Waals surface area contributed by atoms with Crippen LogP contribution in [0.2, 0.25) is 0 Å². The molecule has 1 aliphatic rings. The van der Waals surface area contributed by atoms with Crippen LogP contribution in [0.15, 0.2) is 24.5 Å². The van der Waals surface area contributed by atoms with E-state index in [0.29, 0.717) is 6.42 Å². The molecule has 0 spiro atoms. The van der Waals surface area contributed by atoms with Gasteiger partial charge in [0.1, 0.15) is 6.17 Å². The van der Waals surface area contributed by atoms with Crippen molar-refractivity contribution in [3.8, 4) is 0 Å². The molecule has 0 saturated heterocycles. The molecule has 1 atom stereocenters. The third-order valence-electron chi connectivity index (χ3n) is 4.26. The largest absolute Gasteiger partial charge is 0.356 e. The van der Waals surface area contributed by atoms with Crippen molar-refractivity contribution in [3.05, 3.63) is 41.2 Å². The van der Waals surface area contributed by atoms with Crippen LogP contribution in [0.4, 0.5) is 5.69 Å². The molecular formula is C17H26N2O3S. The first kappa shape index (κ1) is 17.8. The maximum atomic E-state index is 10.8. The van der Waals surface area contributed by atoms with Gasteiger partial charge in [-0.1, -0.05) is 17.7 Å². The second-order valence-electron chi connectivity index (χ2n) is 6.32. The number of benzene rings is 1. The van der Waals surface area contributed by atoms with E-state index in [-0.39, 0.29) is 11.9 Å². The molecule has 0 aliphatic carbocycles. The van der Waals surface area contributed by atoms with Gasteiger partial charge in [-0.25, -0.2) is 0 Å². The van der Waals surface area contributed by atoms with Crippen LogP contribution in [-0.4, -0.2) is 36.3 Å². The molecule has 1 N–H and O–H groups in total. The van der Waals surface area contributed by atoms with Gasteiger partial charge in [0.05, 0.1) is 5.75 Å². The molecule has 6 heteroatoms. The molecule has 0 saturated carbocycles. The summed E-state index contributed by atoms with van der Waals surface area (Å²) in [6.45, 7) is 9.28. The summed E-state index contributed by atoms with van der Waals surface area (Å²) in [6, 6.07) is 4.38. The molecule has 1 aromatic carbocycles. The van der Waals surface area contributed by atoms with Gasteiger partial charge in [-0.3, -0.25) is 4.55 Å². The first-order valence-electron chi connectivity index (χ1n) is 7.94. The van der Waals surface area contributed by atoms with Crippen molar-refractivity contribution in [2.45, 2.75) is 46.7 Å². The zero-order valence-corrected chi connectivity index (χ0v) is 15.1. The maximum absolute atomic E-state index is 10.8. The lowest BCUT2D eigenvalue weighted by Crippen LogP contribution is -2.37. The van der Waals surface area contributed by atoms with E-state index >= 15 is 0 Å². The Morgan fingerprint density at radius 2 is 1.70 bits per heavy atom. The highest BCUT2D eigenvalue weighted by atomic mass is 32.2. The van der Waals surface area contributed by atoms with E-state index < -0.39 is 10.1 Å². The van der Waals surface area contributed by atoms with Crippen molar-refractivity contribution >= 4 is 15.8 Å². The average molecular weight is 338 g/mol. The summed E-state index contributed by atoms with van der Waals surface area (Å²) in [5, 5.41) is 0. The van der Waals surface area contributed by atoms with Crippen molar-refractivity contribution in [2.24, 2.45) is 0 Å².